The molecule has 2 rings (SSSR count). The van der Waals surface area contributed by atoms with Crippen LogP contribution in [-0.2, 0) is 0 Å². The molecule has 2 aromatic rings. The Labute approximate surface area is 117 Å². The molecular formula is C13H8F4N2S. The third-order valence-corrected chi connectivity index (χ3v) is 2.56. The Balaban J connectivity index is 2.09. The quantitative estimate of drug-likeness (QED) is 0.646. The average molecular weight is 300 g/mol. The van der Waals surface area contributed by atoms with Gasteiger partial charge in [0.25, 0.3) is 0 Å². The van der Waals surface area contributed by atoms with Gasteiger partial charge in [-0.1, -0.05) is 0 Å². The number of hydrogen-bond donors (Lipinski definition) is 2. The fourth-order valence-electron chi connectivity index (χ4n) is 1.46. The van der Waals surface area contributed by atoms with E-state index in [1.165, 1.54) is 0 Å². The minimum atomic E-state index is -0.839. The Morgan fingerprint density at radius 2 is 1.15 bits per heavy atom. The van der Waals surface area contributed by atoms with E-state index >= 15 is 0 Å². The Bertz CT molecular complexity index is 605. The molecular weight excluding hydrogens is 292 g/mol. The maximum absolute atomic E-state index is 13.4. The molecule has 20 heavy (non-hydrogen) atoms. The van der Waals surface area contributed by atoms with Crippen molar-refractivity contribution in [1.29, 1.82) is 0 Å². The summed E-state index contributed by atoms with van der Waals surface area (Å²) < 4.78 is 52.2. The molecule has 7 heteroatoms. The van der Waals surface area contributed by atoms with Gasteiger partial charge in [-0.25, -0.2) is 17.6 Å². The van der Waals surface area contributed by atoms with E-state index in [0.29, 0.717) is 12.1 Å². The second kappa shape index (κ2) is 5.87. The number of anilines is 2. The van der Waals surface area contributed by atoms with Gasteiger partial charge in [0.15, 0.2) is 5.11 Å². The Hall–Kier alpha value is -2.15. The van der Waals surface area contributed by atoms with Crippen molar-refractivity contribution < 1.29 is 17.6 Å². The largest absolute Gasteiger partial charge is 0.330 e. The summed E-state index contributed by atoms with van der Waals surface area (Å²) in [6.07, 6.45) is 0. The van der Waals surface area contributed by atoms with Gasteiger partial charge in [-0.05, 0) is 36.5 Å². The van der Waals surface area contributed by atoms with Gasteiger partial charge in [-0.2, -0.15) is 0 Å². The summed E-state index contributed by atoms with van der Waals surface area (Å²) in [7, 11) is 0. The third-order valence-electron chi connectivity index (χ3n) is 2.36. The molecule has 0 saturated heterocycles. The van der Waals surface area contributed by atoms with E-state index in [4.69, 9.17) is 12.2 Å². The van der Waals surface area contributed by atoms with E-state index in [9.17, 15) is 17.6 Å². The van der Waals surface area contributed by atoms with Crippen molar-refractivity contribution in [2.45, 2.75) is 0 Å². The molecule has 0 atom stereocenters. The predicted octanol–water partition coefficient (Wildman–Crippen LogP) is 4.05. The molecule has 0 amide bonds. The van der Waals surface area contributed by atoms with Crippen LogP contribution in [-0.4, -0.2) is 5.11 Å². The highest BCUT2D eigenvalue weighted by atomic mass is 32.1. The van der Waals surface area contributed by atoms with E-state index < -0.39 is 23.3 Å². The summed E-state index contributed by atoms with van der Waals surface area (Å²) in [5, 5.41) is 4.78. The maximum Gasteiger partial charge on any atom is 0.175 e. The number of halogens is 4. The highest BCUT2D eigenvalue weighted by Gasteiger charge is 2.08. The van der Waals surface area contributed by atoms with Gasteiger partial charge in [0, 0.05) is 12.1 Å². The summed E-state index contributed by atoms with van der Waals surface area (Å²) in [6.45, 7) is 0. The van der Waals surface area contributed by atoms with E-state index in [2.05, 4.69) is 10.6 Å². The summed E-state index contributed by atoms with van der Waals surface area (Å²) in [5.41, 5.74) is -0.127. The normalized spacial score (nSPS) is 10.2. The first kappa shape index (κ1) is 14.3. The first-order valence-electron chi connectivity index (χ1n) is 5.44. The summed E-state index contributed by atoms with van der Waals surface area (Å²) in [6, 6.07) is 5.77. The van der Waals surface area contributed by atoms with Crippen LogP contribution in [0.25, 0.3) is 0 Å². The molecule has 0 fully saturated rings. The van der Waals surface area contributed by atoms with E-state index in [1.807, 2.05) is 0 Å². The molecule has 0 bridgehead atoms. The molecule has 104 valence electrons. The Morgan fingerprint density at radius 1 is 0.750 bits per heavy atom. The molecule has 0 aliphatic rings. The van der Waals surface area contributed by atoms with Crippen LogP contribution in [0.2, 0.25) is 0 Å². The zero-order valence-corrected chi connectivity index (χ0v) is 10.7. The number of hydrogen-bond acceptors (Lipinski definition) is 1. The molecule has 0 saturated carbocycles. The summed E-state index contributed by atoms with van der Waals surface area (Å²) in [4.78, 5) is 0. The van der Waals surface area contributed by atoms with Crippen LogP contribution in [0.3, 0.4) is 0 Å². The average Bonchev–Trinajstić information content (AvgIpc) is 2.36. The van der Waals surface area contributed by atoms with Crippen LogP contribution >= 0.6 is 12.2 Å². The maximum atomic E-state index is 13.4. The smallest absolute Gasteiger partial charge is 0.175 e. The van der Waals surface area contributed by atoms with Crippen molar-refractivity contribution >= 4 is 28.7 Å². The van der Waals surface area contributed by atoms with Gasteiger partial charge >= 0.3 is 0 Å². The lowest BCUT2D eigenvalue weighted by atomic mass is 10.3. The van der Waals surface area contributed by atoms with Crippen molar-refractivity contribution in [1.82, 2.24) is 0 Å². The Morgan fingerprint density at radius 3 is 1.50 bits per heavy atom. The molecule has 2 N–H and O–H groups in total. The van der Waals surface area contributed by atoms with Gasteiger partial charge in [-0.3, -0.25) is 0 Å². The van der Waals surface area contributed by atoms with Gasteiger partial charge in [-0.15, -0.1) is 0 Å². The standard InChI is InChI=1S/C13H8F4N2S/c14-7-1-3-11(9(16)5-7)18-13(20)19-12-4-2-8(15)6-10(12)17/h1-6H,(H2,18,19,20). The molecule has 0 aromatic heterocycles. The third kappa shape index (κ3) is 3.45. The molecule has 2 aromatic carbocycles. The van der Waals surface area contributed by atoms with Crippen LogP contribution in [0.1, 0.15) is 0 Å². The second-order valence-corrected chi connectivity index (χ2v) is 4.24. The highest BCUT2D eigenvalue weighted by Crippen LogP contribution is 2.17. The van der Waals surface area contributed by atoms with Gasteiger partial charge in [0.2, 0.25) is 0 Å². The second-order valence-electron chi connectivity index (χ2n) is 3.83. The zero-order chi connectivity index (χ0) is 14.7. The Kier molecular flexibility index (Phi) is 4.19. The molecule has 2 nitrogen and oxygen atoms in total. The summed E-state index contributed by atoms with van der Waals surface area (Å²) in [5.74, 6) is -3.13. The van der Waals surface area contributed by atoms with Gasteiger partial charge < -0.3 is 10.6 Å². The van der Waals surface area contributed by atoms with E-state index in [-0.39, 0.29) is 16.5 Å². The van der Waals surface area contributed by atoms with Crippen LogP contribution in [0, 0.1) is 23.3 Å². The molecule has 0 aliphatic carbocycles. The van der Waals surface area contributed by atoms with Crippen molar-refractivity contribution in [2.24, 2.45) is 0 Å². The van der Waals surface area contributed by atoms with Crippen molar-refractivity contribution in [2.75, 3.05) is 10.6 Å². The van der Waals surface area contributed by atoms with Crippen molar-refractivity contribution in [3.63, 3.8) is 0 Å². The predicted molar refractivity (Wildman–Crippen MR) is 72.6 cm³/mol. The lowest BCUT2D eigenvalue weighted by Gasteiger charge is -2.11. The SMILES string of the molecule is Fc1ccc(NC(=S)Nc2ccc(F)cc2F)c(F)c1. The van der Waals surface area contributed by atoms with E-state index in [1.54, 1.807) is 0 Å². The summed E-state index contributed by atoms with van der Waals surface area (Å²) >= 11 is 4.86. The van der Waals surface area contributed by atoms with E-state index in [0.717, 1.165) is 24.3 Å². The van der Waals surface area contributed by atoms with Crippen LogP contribution in [0.4, 0.5) is 28.9 Å². The van der Waals surface area contributed by atoms with Gasteiger partial charge in [0.1, 0.15) is 23.3 Å². The molecule has 0 radical (unpaired) electrons. The molecule has 0 aliphatic heterocycles. The minimum absolute atomic E-state index is 0.0635. The number of thiocarbonyl (C=S) groups is 1. The number of rotatable bonds is 2. The lowest BCUT2D eigenvalue weighted by Crippen LogP contribution is -2.20. The fraction of sp³-hybridized carbons (Fsp3) is 0. The van der Waals surface area contributed by atoms with Crippen LogP contribution in [0.5, 0.6) is 0 Å². The topological polar surface area (TPSA) is 24.1 Å². The number of benzene rings is 2. The molecule has 0 heterocycles. The minimum Gasteiger partial charge on any atom is -0.330 e. The van der Waals surface area contributed by atoms with Crippen LogP contribution < -0.4 is 10.6 Å². The zero-order valence-electron chi connectivity index (χ0n) is 9.88. The first-order valence-corrected chi connectivity index (χ1v) is 5.84. The first-order chi connectivity index (χ1) is 9.45. The van der Waals surface area contributed by atoms with Crippen molar-refractivity contribution in [3.8, 4) is 0 Å². The van der Waals surface area contributed by atoms with Crippen LogP contribution in [0.15, 0.2) is 36.4 Å². The highest BCUT2D eigenvalue weighted by molar-refractivity contribution is 7.80. The fourth-order valence-corrected chi connectivity index (χ4v) is 1.68. The molecule has 0 spiro atoms. The molecule has 0 unspecified atom stereocenters. The lowest BCUT2D eigenvalue weighted by molar-refractivity contribution is 0.586. The number of nitrogens with one attached hydrogen (secondary N) is 2. The van der Waals surface area contributed by atoms with Gasteiger partial charge in [0.05, 0.1) is 11.4 Å². The van der Waals surface area contributed by atoms with Crippen molar-refractivity contribution in [3.05, 3.63) is 59.7 Å². The monoisotopic (exact) mass is 300 g/mol.